The van der Waals surface area contributed by atoms with Crippen molar-refractivity contribution in [3.05, 3.63) is 38.0 Å². The number of carboxylic acids is 1. The van der Waals surface area contributed by atoms with Crippen molar-refractivity contribution < 1.29 is 57.4 Å². The van der Waals surface area contributed by atoms with Gasteiger partial charge in [-0.05, 0) is 6.92 Å². The minimum absolute atomic E-state index is 0.221. The highest BCUT2D eigenvalue weighted by atomic mass is 31.2. The van der Waals surface area contributed by atoms with Gasteiger partial charge in [0, 0.05) is 0 Å². The molecule has 0 spiro atoms. The zero-order valence-corrected chi connectivity index (χ0v) is 20.6. The van der Waals surface area contributed by atoms with Gasteiger partial charge in [-0.3, -0.25) is 23.2 Å². The summed E-state index contributed by atoms with van der Waals surface area (Å²) in [6.45, 7) is 8.79. The highest BCUT2D eigenvalue weighted by Gasteiger charge is 2.34. The van der Waals surface area contributed by atoms with Crippen LogP contribution in [0.15, 0.2) is 38.0 Å². The van der Waals surface area contributed by atoms with Crippen LogP contribution in [0.3, 0.4) is 0 Å². The van der Waals surface area contributed by atoms with Crippen molar-refractivity contribution in [2.75, 3.05) is 33.0 Å². The maximum atomic E-state index is 12.9. The molecule has 204 valence electrons. The molecule has 0 aliphatic heterocycles. The third kappa shape index (κ3) is 12.6. The molecule has 0 heterocycles. The third-order valence-corrected chi connectivity index (χ3v) is 5.30. The number of aliphatic hydroxyl groups excluding tert-OH is 2. The lowest BCUT2D eigenvalue weighted by Crippen LogP contribution is -2.60. The monoisotopic (exact) mass is 537 g/mol. The van der Waals surface area contributed by atoms with Crippen LogP contribution in [0.2, 0.25) is 0 Å². The lowest BCUT2D eigenvalue weighted by atomic mass is 10.1. The van der Waals surface area contributed by atoms with E-state index in [0.29, 0.717) is 0 Å². The van der Waals surface area contributed by atoms with Crippen LogP contribution in [0.25, 0.3) is 0 Å². The van der Waals surface area contributed by atoms with Crippen molar-refractivity contribution >= 4 is 31.7 Å². The standard InChI is InChI=1S/C20H32N3O12P/c1-5-8-32-20(30)22-15(12-35-36(31,33-9-6-2)34-10-7-3)17(26)23-16(13(4)25)18(27)21-14(11-24)19(28)29/h5-7,13-16,24-25H,1-3,8-12H2,4H3,(H,21,27)(H,22,30)(H,23,26)(H,28,29)/t13-,14+,15+,16+/m1/s1. The molecule has 0 aromatic rings. The van der Waals surface area contributed by atoms with Crippen molar-refractivity contribution in [3.63, 3.8) is 0 Å². The highest BCUT2D eigenvalue weighted by Crippen LogP contribution is 2.49. The molecule has 0 aromatic carbocycles. The molecule has 36 heavy (non-hydrogen) atoms. The molecule has 0 aliphatic rings. The molecule has 0 rings (SSSR count). The predicted octanol–water partition coefficient (Wildman–Crippen LogP) is -0.776. The Hall–Kier alpha value is -3.07. The molecule has 0 fully saturated rings. The number of hydrogen-bond acceptors (Lipinski definition) is 11. The topological polar surface area (TPSA) is 219 Å². The van der Waals surface area contributed by atoms with E-state index in [0.717, 1.165) is 6.92 Å². The van der Waals surface area contributed by atoms with Crippen LogP contribution in [0, 0.1) is 0 Å². The van der Waals surface area contributed by atoms with Gasteiger partial charge in [0.15, 0.2) is 0 Å². The fourth-order valence-electron chi connectivity index (χ4n) is 2.17. The number of phosphoric acid groups is 1. The van der Waals surface area contributed by atoms with E-state index < -0.39 is 69.1 Å². The van der Waals surface area contributed by atoms with Gasteiger partial charge < -0.3 is 36.0 Å². The van der Waals surface area contributed by atoms with Gasteiger partial charge in [0.1, 0.15) is 24.7 Å². The number of phosphoric ester groups is 1. The molecule has 0 bridgehead atoms. The first-order valence-corrected chi connectivity index (χ1v) is 11.8. The van der Waals surface area contributed by atoms with Crippen LogP contribution >= 0.6 is 7.82 Å². The Balaban J connectivity index is 5.71. The average Bonchev–Trinajstić information content (AvgIpc) is 2.83. The molecule has 0 aliphatic carbocycles. The van der Waals surface area contributed by atoms with Crippen LogP contribution in [0.5, 0.6) is 0 Å². The Morgan fingerprint density at radius 1 is 0.889 bits per heavy atom. The molecule has 16 heteroatoms. The molecule has 0 aromatic heterocycles. The number of rotatable bonds is 19. The van der Waals surface area contributed by atoms with E-state index >= 15 is 0 Å². The first-order valence-electron chi connectivity index (χ1n) is 10.4. The van der Waals surface area contributed by atoms with E-state index in [1.54, 1.807) is 0 Å². The maximum absolute atomic E-state index is 12.9. The minimum atomic E-state index is -4.27. The molecule has 15 nitrogen and oxygen atoms in total. The third-order valence-electron chi connectivity index (χ3n) is 3.90. The zero-order valence-electron chi connectivity index (χ0n) is 19.7. The quantitative estimate of drug-likeness (QED) is 0.0883. The van der Waals surface area contributed by atoms with Gasteiger partial charge in [-0.1, -0.05) is 24.8 Å². The molecule has 0 saturated heterocycles. The summed E-state index contributed by atoms with van der Waals surface area (Å²) in [6.07, 6.45) is 1.10. The predicted molar refractivity (Wildman–Crippen MR) is 125 cm³/mol. The number of carboxylic acid groups (broad SMARTS) is 1. The summed E-state index contributed by atoms with van der Waals surface area (Å²) >= 11 is 0. The fourth-order valence-corrected chi connectivity index (χ4v) is 3.30. The molecule has 4 atom stereocenters. The highest BCUT2D eigenvalue weighted by molar-refractivity contribution is 7.48. The SMILES string of the molecule is C=CCOC(=O)N[C@@H](COP(=O)(OCC=C)OCC=C)C(=O)N[C@H](C(=O)N[C@@H](CO)C(=O)O)[C@@H](C)O. The number of carbonyl (C=O) groups is 4. The normalized spacial score (nSPS) is 14.3. The number of aliphatic hydroxyl groups is 2. The summed E-state index contributed by atoms with van der Waals surface area (Å²) in [5.74, 6) is -3.83. The lowest BCUT2D eigenvalue weighted by molar-refractivity contribution is -0.144. The molecule has 6 N–H and O–H groups in total. The Morgan fingerprint density at radius 3 is 1.89 bits per heavy atom. The van der Waals surface area contributed by atoms with Gasteiger partial charge in [0.2, 0.25) is 11.8 Å². The van der Waals surface area contributed by atoms with E-state index in [2.05, 4.69) is 30.4 Å². The van der Waals surface area contributed by atoms with E-state index in [-0.39, 0.29) is 19.8 Å². The number of hydrogen-bond donors (Lipinski definition) is 6. The maximum Gasteiger partial charge on any atom is 0.475 e. The number of nitrogens with one attached hydrogen (secondary N) is 3. The van der Waals surface area contributed by atoms with Gasteiger partial charge in [-0.15, -0.1) is 13.2 Å². The molecule has 0 unspecified atom stereocenters. The molecule has 0 saturated carbocycles. The Labute approximate surface area is 207 Å². The van der Waals surface area contributed by atoms with Crippen molar-refractivity contribution in [1.29, 1.82) is 0 Å². The Bertz CT molecular complexity index is 819. The van der Waals surface area contributed by atoms with E-state index in [9.17, 15) is 28.8 Å². The van der Waals surface area contributed by atoms with E-state index in [1.165, 1.54) is 18.2 Å². The molecule has 3 amide bonds. The number of aliphatic carboxylic acids is 1. The average molecular weight is 537 g/mol. The lowest BCUT2D eigenvalue weighted by Gasteiger charge is -2.26. The van der Waals surface area contributed by atoms with Gasteiger partial charge in [-0.2, -0.15) is 0 Å². The first kappa shape index (κ1) is 32.9. The summed E-state index contributed by atoms with van der Waals surface area (Å²) in [5.41, 5.74) is 0. The Morgan fingerprint density at radius 2 is 1.44 bits per heavy atom. The van der Waals surface area contributed by atoms with E-state index in [1.807, 2.05) is 5.32 Å². The summed E-state index contributed by atoms with van der Waals surface area (Å²) in [4.78, 5) is 48.3. The smallest absolute Gasteiger partial charge is 0.475 e. The zero-order chi connectivity index (χ0) is 27.7. The number of ether oxygens (including phenoxy) is 1. The van der Waals surface area contributed by atoms with Crippen molar-refractivity contribution in [2.45, 2.75) is 31.2 Å². The number of carbonyl (C=O) groups excluding carboxylic acids is 3. The molecular weight excluding hydrogens is 505 g/mol. The minimum Gasteiger partial charge on any atom is -0.480 e. The second kappa shape index (κ2) is 17.4. The van der Waals surface area contributed by atoms with Crippen molar-refractivity contribution in [1.82, 2.24) is 16.0 Å². The van der Waals surface area contributed by atoms with Crippen LogP contribution in [0.1, 0.15) is 6.92 Å². The van der Waals surface area contributed by atoms with Gasteiger partial charge in [-0.25, -0.2) is 14.2 Å². The first-order chi connectivity index (χ1) is 16.9. The summed E-state index contributed by atoms with van der Waals surface area (Å²) < 4.78 is 32.6. The van der Waals surface area contributed by atoms with Crippen LogP contribution in [-0.2, 0) is 37.3 Å². The van der Waals surface area contributed by atoms with Crippen molar-refractivity contribution in [2.24, 2.45) is 0 Å². The molecular formula is C20H32N3O12P. The van der Waals surface area contributed by atoms with Crippen LogP contribution < -0.4 is 16.0 Å². The van der Waals surface area contributed by atoms with Gasteiger partial charge >= 0.3 is 19.9 Å². The summed E-state index contributed by atoms with van der Waals surface area (Å²) in [5, 5.41) is 34.2. The second-order valence-electron chi connectivity index (χ2n) is 6.80. The van der Waals surface area contributed by atoms with Crippen LogP contribution in [-0.4, -0.2) is 96.5 Å². The Kier molecular flexibility index (Phi) is 15.9. The summed E-state index contributed by atoms with van der Waals surface area (Å²) in [6, 6.07) is -5.10. The largest absolute Gasteiger partial charge is 0.480 e. The van der Waals surface area contributed by atoms with E-state index in [4.69, 9.17) is 28.5 Å². The number of amides is 3. The summed E-state index contributed by atoms with van der Waals surface area (Å²) in [7, 11) is -4.27. The second-order valence-corrected chi connectivity index (χ2v) is 8.47. The van der Waals surface area contributed by atoms with Crippen LogP contribution in [0.4, 0.5) is 4.79 Å². The van der Waals surface area contributed by atoms with Gasteiger partial charge in [0.25, 0.3) is 0 Å². The fraction of sp³-hybridized carbons (Fsp3) is 0.500. The number of alkyl carbamates (subject to hydrolysis) is 1. The van der Waals surface area contributed by atoms with Gasteiger partial charge in [0.05, 0.1) is 32.5 Å². The van der Waals surface area contributed by atoms with Crippen molar-refractivity contribution in [3.8, 4) is 0 Å². The molecule has 0 radical (unpaired) electrons.